The fourth-order valence-corrected chi connectivity index (χ4v) is 2.23. The van der Waals surface area contributed by atoms with Crippen LogP contribution < -0.4 is 10.6 Å². The molecule has 1 aliphatic heterocycles. The number of amides is 2. The SMILES string of the molecule is CNC1(C)CCN(C(=O)Nc2ccc(F)c(F)c2)CC1. The van der Waals surface area contributed by atoms with Crippen LogP contribution in [-0.4, -0.2) is 36.6 Å². The van der Waals surface area contributed by atoms with Gasteiger partial charge in [-0.15, -0.1) is 0 Å². The van der Waals surface area contributed by atoms with Gasteiger partial charge in [0.1, 0.15) is 0 Å². The van der Waals surface area contributed by atoms with E-state index in [2.05, 4.69) is 17.6 Å². The van der Waals surface area contributed by atoms with Gasteiger partial charge in [0, 0.05) is 30.4 Å². The highest BCUT2D eigenvalue weighted by Crippen LogP contribution is 2.22. The van der Waals surface area contributed by atoms with E-state index in [1.807, 2.05) is 7.05 Å². The molecule has 2 rings (SSSR count). The molecule has 110 valence electrons. The van der Waals surface area contributed by atoms with Crippen molar-refractivity contribution in [2.24, 2.45) is 0 Å². The largest absolute Gasteiger partial charge is 0.324 e. The molecule has 0 aromatic heterocycles. The van der Waals surface area contributed by atoms with E-state index in [1.165, 1.54) is 6.07 Å². The summed E-state index contributed by atoms with van der Waals surface area (Å²) >= 11 is 0. The highest BCUT2D eigenvalue weighted by Gasteiger charge is 2.30. The van der Waals surface area contributed by atoms with Crippen LogP contribution in [0.25, 0.3) is 0 Å². The van der Waals surface area contributed by atoms with Crippen LogP contribution >= 0.6 is 0 Å². The molecule has 20 heavy (non-hydrogen) atoms. The fraction of sp³-hybridized carbons (Fsp3) is 0.500. The monoisotopic (exact) mass is 283 g/mol. The molecule has 0 aliphatic carbocycles. The minimum absolute atomic E-state index is 0.0543. The lowest BCUT2D eigenvalue weighted by atomic mass is 9.90. The molecule has 1 aliphatic rings. The predicted octanol–water partition coefficient (Wildman–Crippen LogP) is 2.57. The molecule has 0 atom stereocenters. The van der Waals surface area contributed by atoms with E-state index < -0.39 is 11.6 Å². The van der Waals surface area contributed by atoms with E-state index in [0.29, 0.717) is 13.1 Å². The normalized spacial score (nSPS) is 17.9. The standard InChI is InChI=1S/C14H19F2N3O/c1-14(17-2)5-7-19(8-6-14)13(20)18-10-3-4-11(15)12(16)9-10/h3-4,9,17H,5-8H2,1-2H3,(H,18,20). The zero-order chi connectivity index (χ0) is 14.8. The van der Waals surface area contributed by atoms with Gasteiger partial charge in [0.15, 0.2) is 11.6 Å². The van der Waals surface area contributed by atoms with Crippen molar-refractivity contribution in [1.29, 1.82) is 0 Å². The van der Waals surface area contributed by atoms with Gasteiger partial charge in [-0.25, -0.2) is 13.6 Å². The van der Waals surface area contributed by atoms with Crippen LogP contribution in [0.3, 0.4) is 0 Å². The van der Waals surface area contributed by atoms with E-state index in [-0.39, 0.29) is 17.3 Å². The van der Waals surface area contributed by atoms with E-state index in [4.69, 9.17) is 0 Å². The van der Waals surface area contributed by atoms with Crippen molar-refractivity contribution in [1.82, 2.24) is 10.2 Å². The number of nitrogens with one attached hydrogen (secondary N) is 2. The van der Waals surface area contributed by atoms with Crippen molar-refractivity contribution >= 4 is 11.7 Å². The molecule has 0 bridgehead atoms. The highest BCUT2D eigenvalue weighted by atomic mass is 19.2. The Balaban J connectivity index is 1.94. The first-order chi connectivity index (χ1) is 9.43. The number of piperidine rings is 1. The summed E-state index contributed by atoms with van der Waals surface area (Å²) in [7, 11) is 1.91. The molecule has 1 heterocycles. The maximum atomic E-state index is 13.1. The molecule has 4 nitrogen and oxygen atoms in total. The molecule has 1 aromatic rings. The zero-order valence-corrected chi connectivity index (χ0v) is 11.7. The summed E-state index contributed by atoms with van der Waals surface area (Å²) in [4.78, 5) is 13.7. The van der Waals surface area contributed by atoms with Gasteiger partial charge >= 0.3 is 6.03 Å². The van der Waals surface area contributed by atoms with Crippen LogP contribution in [0, 0.1) is 11.6 Å². The van der Waals surface area contributed by atoms with Gasteiger partial charge in [0.25, 0.3) is 0 Å². The van der Waals surface area contributed by atoms with Gasteiger partial charge in [0.05, 0.1) is 0 Å². The first-order valence-electron chi connectivity index (χ1n) is 6.63. The molecule has 0 spiro atoms. The number of rotatable bonds is 2. The number of anilines is 1. The average Bonchev–Trinajstić information content (AvgIpc) is 2.43. The predicted molar refractivity (Wildman–Crippen MR) is 73.6 cm³/mol. The summed E-state index contributed by atoms with van der Waals surface area (Å²) in [6.45, 7) is 3.39. The number of carbonyl (C=O) groups excluding carboxylic acids is 1. The number of nitrogens with zero attached hydrogens (tertiary/aromatic N) is 1. The molecule has 0 saturated carbocycles. The summed E-state index contributed by atoms with van der Waals surface area (Å²) in [5.41, 5.74) is 0.314. The molecule has 1 saturated heterocycles. The van der Waals surface area contributed by atoms with Crippen molar-refractivity contribution < 1.29 is 13.6 Å². The maximum absolute atomic E-state index is 13.1. The Hall–Kier alpha value is -1.69. The minimum Gasteiger partial charge on any atom is -0.324 e. The lowest BCUT2D eigenvalue weighted by Crippen LogP contribution is -2.52. The summed E-state index contributed by atoms with van der Waals surface area (Å²) < 4.78 is 25.9. The molecule has 6 heteroatoms. The summed E-state index contributed by atoms with van der Waals surface area (Å²) in [5, 5.41) is 5.84. The Kier molecular flexibility index (Phi) is 4.23. The average molecular weight is 283 g/mol. The minimum atomic E-state index is -0.968. The van der Waals surface area contributed by atoms with Gasteiger partial charge in [-0.3, -0.25) is 0 Å². The first-order valence-corrected chi connectivity index (χ1v) is 6.63. The second kappa shape index (κ2) is 5.75. The van der Waals surface area contributed by atoms with E-state index in [1.54, 1.807) is 4.90 Å². The molecule has 0 radical (unpaired) electrons. The Bertz CT molecular complexity index is 499. The molecule has 0 unspecified atom stereocenters. The second-order valence-electron chi connectivity index (χ2n) is 5.36. The van der Waals surface area contributed by atoms with Crippen LogP contribution in [0.15, 0.2) is 18.2 Å². The summed E-state index contributed by atoms with van der Waals surface area (Å²) in [6.07, 6.45) is 1.71. The number of urea groups is 1. The topological polar surface area (TPSA) is 44.4 Å². The Labute approximate surface area is 117 Å². The van der Waals surface area contributed by atoms with Gasteiger partial charge in [-0.2, -0.15) is 0 Å². The quantitative estimate of drug-likeness (QED) is 0.876. The number of halogens is 2. The Morgan fingerprint density at radius 3 is 2.45 bits per heavy atom. The Morgan fingerprint density at radius 1 is 1.25 bits per heavy atom. The van der Waals surface area contributed by atoms with E-state index in [9.17, 15) is 13.6 Å². The van der Waals surface area contributed by atoms with Crippen molar-refractivity contribution in [2.45, 2.75) is 25.3 Å². The van der Waals surface area contributed by atoms with Crippen LogP contribution in [-0.2, 0) is 0 Å². The third kappa shape index (κ3) is 3.25. The number of carbonyl (C=O) groups is 1. The molecule has 1 aromatic carbocycles. The molecule has 2 amide bonds. The number of hydrogen-bond donors (Lipinski definition) is 2. The van der Waals surface area contributed by atoms with Crippen molar-refractivity contribution in [3.63, 3.8) is 0 Å². The van der Waals surface area contributed by atoms with E-state index >= 15 is 0 Å². The highest BCUT2D eigenvalue weighted by molar-refractivity contribution is 5.89. The Morgan fingerprint density at radius 2 is 1.90 bits per heavy atom. The van der Waals surface area contributed by atoms with Crippen molar-refractivity contribution in [3.05, 3.63) is 29.8 Å². The number of likely N-dealkylation sites (tertiary alicyclic amines) is 1. The van der Waals surface area contributed by atoms with Gasteiger partial charge in [0.2, 0.25) is 0 Å². The van der Waals surface area contributed by atoms with Crippen molar-refractivity contribution in [3.8, 4) is 0 Å². The van der Waals surface area contributed by atoms with Crippen LogP contribution in [0.5, 0.6) is 0 Å². The van der Waals surface area contributed by atoms with Gasteiger partial charge in [-0.05, 0) is 38.9 Å². The lowest BCUT2D eigenvalue weighted by Gasteiger charge is -2.39. The first kappa shape index (κ1) is 14.7. The third-order valence-corrected chi connectivity index (χ3v) is 3.93. The summed E-state index contributed by atoms with van der Waals surface area (Å²) in [5.74, 6) is -1.89. The number of benzene rings is 1. The van der Waals surface area contributed by atoms with Crippen LogP contribution in [0.2, 0.25) is 0 Å². The molecular weight excluding hydrogens is 264 g/mol. The molecular formula is C14H19F2N3O. The third-order valence-electron chi connectivity index (χ3n) is 3.93. The lowest BCUT2D eigenvalue weighted by molar-refractivity contribution is 0.163. The summed E-state index contributed by atoms with van der Waals surface area (Å²) in [6, 6.07) is 3.04. The maximum Gasteiger partial charge on any atom is 0.321 e. The zero-order valence-electron chi connectivity index (χ0n) is 11.7. The van der Waals surface area contributed by atoms with Crippen LogP contribution in [0.4, 0.5) is 19.3 Å². The van der Waals surface area contributed by atoms with Crippen LogP contribution in [0.1, 0.15) is 19.8 Å². The second-order valence-corrected chi connectivity index (χ2v) is 5.36. The fourth-order valence-electron chi connectivity index (χ4n) is 2.23. The number of hydrogen-bond acceptors (Lipinski definition) is 2. The molecule has 1 fully saturated rings. The van der Waals surface area contributed by atoms with Crippen molar-refractivity contribution in [2.75, 3.05) is 25.5 Å². The van der Waals surface area contributed by atoms with Gasteiger partial charge in [-0.1, -0.05) is 0 Å². The van der Waals surface area contributed by atoms with Gasteiger partial charge < -0.3 is 15.5 Å². The smallest absolute Gasteiger partial charge is 0.321 e. The van der Waals surface area contributed by atoms with E-state index in [0.717, 1.165) is 25.0 Å². The molecule has 2 N–H and O–H groups in total.